The molecule has 0 fully saturated rings. The fourth-order valence-electron chi connectivity index (χ4n) is 7.78. The van der Waals surface area contributed by atoms with Crippen molar-refractivity contribution in [2.45, 2.75) is 72.1 Å². The summed E-state index contributed by atoms with van der Waals surface area (Å²) in [4.78, 5) is 17.4. The maximum Gasteiger partial charge on any atom is 0.161 e. The Morgan fingerprint density at radius 2 is 1.60 bits per heavy atom. The molecule has 2 N–H and O–H groups in total. The first-order valence-corrected chi connectivity index (χ1v) is 22.5. The summed E-state index contributed by atoms with van der Waals surface area (Å²) >= 11 is 3.70. The minimum atomic E-state index is -0.00127. The lowest BCUT2D eigenvalue weighted by Crippen LogP contribution is -2.25. The molecule has 0 spiro atoms. The van der Waals surface area contributed by atoms with Crippen molar-refractivity contribution in [1.82, 2.24) is 0 Å². The number of thioether (sulfide) groups is 1. The molecule has 302 valence electrons. The second-order valence-corrected chi connectivity index (χ2v) is 18.0. The number of thiophene rings is 1. The van der Waals surface area contributed by atoms with E-state index in [4.69, 9.17) is 25.8 Å². The molecule has 0 atom stereocenters. The van der Waals surface area contributed by atoms with Crippen LogP contribution in [-0.2, 0) is 0 Å². The smallest absolute Gasteiger partial charge is 0.161 e. The number of nitrogens with zero attached hydrogens (tertiary/aromatic N) is 3. The van der Waals surface area contributed by atoms with Gasteiger partial charge in [0.05, 0.1) is 5.71 Å². The summed E-state index contributed by atoms with van der Waals surface area (Å²) in [5.41, 5.74) is 7.55. The Hall–Kier alpha value is -5.76. The number of nitrogens with one attached hydrogen (secondary N) is 2. The first-order chi connectivity index (χ1) is 29.1. The molecule has 5 nitrogen and oxygen atoms in total. The second kappa shape index (κ2) is 19.5. The molecule has 0 bridgehead atoms. The standard InChI is InChI=1S/C53H53N5S2/c1-6-37(33-42-34-53(4,5)45-28-15-17-31-48(45)59-42)20-18-29-46(39-21-10-8-11-22-39)57-50(54)36(3)32-38(7-2)51(55)58-52(40-23-12-9-13-24-40)56-35-41-25-19-27-44-43-26-14-16-30-47(43)60-49(41)44/h6,8-16,21-24,26-28,30,32-35,54-55H,1,3,7,17-20,25,29,31H2,2,4-5H3/b37-33+,38-32+,54-50?,55-51?,56-35?,57-46?,58-52?. The number of aliphatic imine (C=N–C) groups is 3. The molecule has 7 rings (SSSR count). The van der Waals surface area contributed by atoms with Crippen molar-refractivity contribution in [3.8, 4) is 0 Å². The van der Waals surface area contributed by atoms with E-state index < -0.39 is 0 Å². The molecule has 0 radical (unpaired) electrons. The lowest BCUT2D eigenvalue weighted by atomic mass is 9.80. The van der Waals surface area contributed by atoms with Crippen molar-refractivity contribution < 1.29 is 0 Å². The maximum absolute atomic E-state index is 9.15. The van der Waals surface area contributed by atoms with E-state index in [1.54, 1.807) is 17.4 Å². The molecule has 2 heterocycles. The van der Waals surface area contributed by atoms with Crippen LogP contribution in [0, 0.1) is 16.2 Å². The van der Waals surface area contributed by atoms with Crippen LogP contribution in [0.1, 0.15) is 83.3 Å². The molecule has 3 aliphatic rings. The molecule has 4 aromatic rings. The van der Waals surface area contributed by atoms with Gasteiger partial charge in [0.15, 0.2) is 11.7 Å². The first-order valence-electron chi connectivity index (χ1n) is 20.9. The Balaban J connectivity index is 1.09. The fraction of sp³-hybridized carbons (Fsp3) is 0.226. The predicted molar refractivity (Wildman–Crippen MR) is 263 cm³/mol. The summed E-state index contributed by atoms with van der Waals surface area (Å²) in [6.45, 7) is 15.0. The highest BCUT2D eigenvalue weighted by atomic mass is 32.2. The van der Waals surface area contributed by atoms with Crippen LogP contribution >= 0.6 is 23.1 Å². The van der Waals surface area contributed by atoms with Crippen molar-refractivity contribution >= 4 is 74.3 Å². The number of hydrogen-bond acceptors (Lipinski definition) is 4. The van der Waals surface area contributed by atoms with E-state index in [2.05, 4.69) is 81.7 Å². The lowest BCUT2D eigenvalue weighted by molar-refractivity contribution is 0.583. The zero-order chi connectivity index (χ0) is 42.1. The molecule has 7 heteroatoms. The molecule has 0 saturated carbocycles. The Labute approximate surface area is 363 Å². The molecular formula is C53H53N5S2. The molecule has 0 saturated heterocycles. The average Bonchev–Trinajstić information content (AvgIpc) is 3.66. The summed E-state index contributed by atoms with van der Waals surface area (Å²) in [6, 6.07) is 28.5. The van der Waals surface area contributed by atoms with Crippen LogP contribution in [0.25, 0.3) is 21.7 Å². The van der Waals surface area contributed by atoms with Gasteiger partial charge in [0.2, 0.25) is 0 Å². The third-order valence-electron chi connectivity index (χ3n) is 11.0. The monoisotopic (exact) mass is 823 g/mol. The topological polar surface area (TPSA) is 84.8 Å². The van der Waals surface area contributed by atoms with Crippen LogP contribution in [0.3, 0.4) is 0 Å². The zero-order valence-electron chi connectivity index (χ0n) is 34.9. The predicted octanol–water partition coefficient (Wildman–Crippen LogP) is 13.0. The van der Waals surface area contributed by atoms with Gasteiger partial charge in [-0.1, -0.05) is 155 Å². The van der Waals surface area contributed by atoms with Crippen LogP contribution in [0.15, 0.2) is 182 Å². The normalized spacial score (nSPS) is 17.0. The van der Waals surface area contributed by atoms with Gasteiger partial charge in [-0.05, 0) is 113 Å². The maximum atomic E-state index is 9.15. The van der Waals surface area contributed by atoms with E-state index in [1.165, 1.54) is 46.4 Å². The van der Waals surface area contributed by atoms with Crippen molar-refractivity contribution in [1.29, 1.82) is 10.8 Å². The fourth-order valence-corrected chi connectivity index (χ4v) is 10.5. The van der Waals surface area contributed by atoms with Crippen molar-refractivity contribution in [3.63, 3.8) is 0 Å². The highest BCUT2D eigenvalue weighted by Gasteiger charge is 2.29. The summed E-state index contributed by atoms with van der Waals surface area (Å²) in [5.74, 6) is 0.626. The number of rotatable bonds is 13. The van der Waals surface area contributed by atoms with E-state index in [-0.39, 0.29) is 17.1 Å². The minimum absolute atomic E-state index is 0.00127. The first kappa shape index (κ1) is 42.4. The molecule has 1 aliphatic heterocycles. The van der Waals surface area contributed by atoms with Crippen molar-refractivity contribution in [2.24, 2.45) is 20.4 Å². The van der Waals surface area contributed by atoms with Gasteiger partial charge in [-0.2, -0.15) is 0 Å². The molecule has 2 aliphatic carbocycles. The van der Waals surface area contributed by atoms with E-state index in [0.29, 0.717) is 29.8 Å². The number of hydrogen-bond donors (Lipinski definition) is 2. The minimum Gasteiger partial charge on any atom is -0.283 e. The van der Waals surface area contributed by atoms with Gasteiger partial charge in [-0.25, -0.2) is 15.0 Å². The largest absolute Gasteiger partial charge is 0.283 e. The summed E-state index contributed by atoms with van der Waals surface area (Å²) in [6.07, 6.45) is 24.3. The summed E-state index contributed by atoms with van der Waals surface area (Å²) in [7, 11) is 0. The molecule has 0 amide bonds. The molecule has 60 heavy (non-hydrogen) atoms. The second-order valence-electron chi connectivity index (χ2n) is 15.8. The van der Waals surface area contributed by atoms with Gasteiger partial charge in [0, 0.05) is 36.9 Å². The molecular weight excluding hydrogens is 771 g/mol. The Morgan fingerprint density at radius 1 is 0.867 bits per heavy atom. The average molecular weight is 824 g/mol. The van der Waals surface area contributed by atoms with Gasteiger partial charge in [0.25, 0.3) is 0 Å². The van der Waals surface area contributed by atoms with E-state index in [1.807, 2.05) is 91.6 Å². The van der Waals surface area contributed by atoms with Crippen LogP contribution in [-0.4, -0.2) is 29.4 Å². The van der Waals surface area contributed by atoms with Crippen LogP contribution < -0.4 is 9.75 Å². The van der Waals surface area contributed by atoms with Gasteiger partial charge in [-0.3, -0.25) is 10.8 Å². The van der Waals surface area contributed by atoms with Crippen LogP contribution in [0.4, 0.5) is 0 Å². The van der Waals surface area contributed by atoms with Crippen LogP contribution in [0.2, 0.25) is 0 Å². The van der Waals surface area contributed by atoms with Gasteiger partial charge >= 0.3 is 0 Å². The Kier molecular flexibility index (Phi) is 13.8. The third-order valence-corrected chi connectivity index (χ3v) is 13.4. The molecule has 3 aromatic carbocycles. The quantitative estimate of drug-likeness (QED) is 0.0785. The lowest BCUT2D eigenvalue weighted by Gasteiger charge is -2.32. The summed E-state index contributed by atoms with van der Waals surface area (Å²) in [5, 5.41) is 20.8. The SMILES string of the molecule is C=C/C(=C\C1=CC(C)(C)C2=C(CCC=C2)S1)CCCC(=NC(=N)C(=C)/C=C(\CC)C(=N)N=C(N=CC1=c2sc3ccccc3c2=CCC1)c1ccccc1)c1ccccc1. The zero-order valence-corrected chi connectivity index (χ0v) is 36.6. The number of fused-ring (bicyclic) bond motifs is 3. The molecule has 0 unspecified atom stereocenters. The number of allylic oxidation sites excluding steroid dienone is 8. The highest BCUT2D eigenvalue weighted by Crippen LogP contribution is 2.48. The Morgan fingerprint density at radius 3 is 2.35 bits per heavy atom. The van der Waals surface area contributed by atoms with Gasteiger partial charge in [0.1, 0.15) is 5.84 Å². The van der Waals surface area contributed by atoms with Crippen molar-refractivity contribution in [2.75, 3.05) is 0 Å². The van der Waals surface area contributed by atoms with Crippen LogP contribution in [0.5, 0.6) is 0 Å². The highest BCUT2D eigenvalue weighted by molar-refractivity contribution is 8.07. The van der Waals surface area contributed by atoms with E-state index in [9.17, 15) is 0 Å². The van der Waals surface area contributed by atoms with Gasteiger partial charge < -0.3 is 0 Å². The van der Waals surface area contributed by atoms with Crippen molar-refractivity contribution in [3.05, 3.63) is 188 Å². The Bertz CT molecular complexity index is 2710. The summed E-state index contributed by atoms with van der Waals surface area (Å²) < 4.78 is 2.52. The van der Waals surface area contributed by atoms with Gasteiger partial charge in [-0.15, -0.1) is 11.3 Å². The number of benzene rings is 3. The molecule has 1 aromatic heterocycles. The van der Waals surface area contributed by atoms with E-state index in [0.717, 1.165) is 55.4 Å². The third kappa shape index (κ3) is 10.2. The number of amidine groups is 3. The van der Waals surface area contributed by atoms with E-state index >= 15 is 0 Å².